The molecule has 0 radical (unpaired) electrons. The van der Waals surface area contributed by atoms with Gasteiger partial charge in [0.05, 0.1) is 0 Å². The van der Waals surface area contributed by atoms with E-state index in [0.717, 1.165) is 17.1 Å². The first kappa shape index (κ1) is 26.7. The number of thiophene rings is 1. The Bertz CT molecular complexity index is 2530. The van der Waals surface area contributed by atoms with Crippen molar-refractivity contribution in [1.82, 2.24) is 0 Å². The number of anilines is 3. The monoisotopic (exact) mass is 603 g/mol. The molecule has 0 saturated carbocycles. The highest BCUT2D eigenvalue weighted by molar-refractivity contribution is 7.26. The average molecular weight is 604 g/mol. The molecule has 1 nitrogen and oxygen atoms in total. The zero-order chi connectivity index (χ0) is 30.5. The van der Waals surface area contributed by atoms with E-state index in [4.69, 9.17) is 0 Å². The van der Waals surface area contributed by atoms with Gasteiger partial charge in [-0.2, -0.15) is 0 Å². The SMILES string of the molecule is c1ccc(-c2cccc(N(c3ccc(-c4ccc5ccccc5c4)cc3)c3ccc4sc5ccc6ccccc6c5c4c3)c2)cc1. The van der Waals surface area contributed by atoms with Gasteiger partial charge in [0.15, 0.2) is 0 Å². The van der Waals surface area contributed by atoms with Crippen molar-refractivity contribution in [2.24, 2.45) is 0 Å². The summed E-state index contributed by atoms with van der Waals surface area (Å²) < 4.78 is 2.63. The summed E-state index contributed by atoms with van der Waals surface area (Å²) in [6, 6.07) is 64.0. The molecule has 9 rings (SSSR count). The average Bonchev–Trinajstić information content (AvgIpc) is 3.51. The Balaban J connectivity index is 1.21. The Morgan fingerprint density at radius 3 is 1.80 bits per heavy atom. The van der Waals surface area contributed by atoms with Crippen molar-refractivity contribution in [2.75, 3.05) is 4.90 Å². The summed E-state index contributed by atoms with van der Waals surface area (Å²) >= 11 is 1.87. The van der Waals surface area contributed by atoms with Crippen molar-refractivity contribution >= 4 is 70.1 Å². The molecule has 0 fully saturated rings. The molecule has 1 aromatic heterocycles. The fourth-order valence-corrected chi connectivity index (χ4v) is 7.85. The van der Waals surface area contributed by atoms with Crippen LogP contribution in [0.1, 0.15) is 0 Å². The molecule has 9 aromatic rings. The first-order valence-electron chi connectivity index (χ1n) is 15.7. The van der Waals surface area contributed by atoms with Crippen molar-refractivity contribution in [1.29, 1.82) is 0 Å². The van der Waals surface area contributed by atoms with Crippen LogP contribution in [0.25, 0.3) is 64.0 Å². The van der Waals surface area contributed by atoms with E-state index in [1.807, 2.05) is 11.3 Å². The number of rotatable bonds is 5. The molecule has 0 amide bonds. The van der Waals surface area contributed by atoms with Crippen LogP contribution in [0.3, 0.4) is 0 Å². The number of benzene rings is 8. The van der Waals surface area contributed by atoms with Crippen molar-refractivity contribution in [3.8, 4) is 22.3 Å². The Morgan fingerprint density at radius 2 is 0.935 bits per heavy atom. The quantitative estimate of drug-likeness (QED) is 0.189. The molecular weight excluding hydrogens is 575 g/mol. The third kappa shape index (κ3) is 4.63. The second-order valence-electron chi connectivity index (χ2n) is 11.8. The van der Waals surface area contributed by atoms with Crippen LogP contribution in [0.15, 0.2) is 176 Å². The lowest BCUT2D eigenvalue weighted by Gasteiger charge is -2.26. The highest BCUT2D eigenvalue weighted by atomic mass is 32.1. The molecule has 0 atom stereocenters. The summed E-state index contributed by atoms with van der Waals surface area (Å²) in [5, 5.41) is 7.73. The predicted octanol–water partition coefficient (Wildman–Crippen LogP) is 13.2. The molecule has 0 aliphatic carbocycles. The Hall–Kier alpha value is -5.70. The molecule has 0 aliphatic rings. The summed E-state index contributed by atoms with van der Waals surface area (Å²) in [5.41, 5.74) is 8.23. The lowest BCUT2D eigenvalue weighted by molar-refractivity contribution is 1.29. The molecule has 0 aliphatic heterocycles. The van der Waals surface area contributed by atoms with Crippen LogP contribution < -0.4 is 4.90 Å². The predicted molar refractivity (Wildman–Crippen MR) is 200 cm³/mol. The standard InChI is InChI=1S/C44H29NS/c1-2-9-30(10-3-1)35-14-8-15-38(28-35)45(37-22-19-32(20-23-37)36-18-17-31-11-4-5-13-34(31)27-36)39-24-26-42-41(29-39)44-40-16-7-6-12-33(40)21-25-43(44)46-42/h1-29H. The van der Waals surface area contributed by atoms with Crippen LogP contribution in [0.2, 0.25) is 0 Å². The lowest BCUT2D eigenvalue weighted by atomic mass is 10.0. The molecule has 8 aromatic carbocycles. The zero-order valence-corrected chi connectivity index (χ0v) is 25.9. The zero-order valence-electron chi connectivity index (χ0n) is 25.1. The molecule has 216 valence electrons. The first-order chi connectivity index (χ1) is 22.8. The van der Waals surface area contributed by atoms with Crippen molar-refractivity contribution in [3.63, 3.8) is 0 Å². The van der Waals surface area contributed by atoms with Gasteiger partial charge in [-0.1, -0.05) is 121 Å². The Labute approximate surface area is 272 Å². The summed E-state index contributed by atoms with van der Waals surface area (Å²) in [6.07, 6.45) is 0. The van der Waals surface area contributed by atoms with Crippen LogP contribution in [0, 0.1) is 0 Å². The number of hydrogen-bond donors (Lipinski definition) is 0. The second-order valence-corrected chi connectivity index (χ2v) is 12.9. The smallest absolute Gasteiger partial charge is 0.0468 e. The highest BCUT2D eigenvalue weighted by Crippen LogP contribution is 2.43. The maximum atomic E-state index is 2.39. The number of hydrogen-bond acceptors (Lipinski definition) is 2. The van der Waals surface area contributed by atoms with E-state index in [0.29, 0.717) is 0 Å². The van der Waals surface area contributed by atoms with Crippen LogP contribution in [-0.2, 0) is 0 Å². The number of fused-ring (bicyclic) bond motifs is 6. The van der Waals surface area contributed by atoms with Gasteiger partial charge in [0.25, 0.3) is 0 Å². The van der Waals surface area contributed by atoms with Gasteiger partial charge in [-0.25, -0.2) is 0 Å². The molecule has 0 spiro atoms. The topological polar surface area (TPSA) is 3.24 Å². The van der Waals surface area contributed by atoms with E-state index in [9.17, 15) is 0 Å². The van der Waals surface area contributed by atoms with Crippen molar-refractivity contribution in [2.45, 2.75) is 0 Å². The highest BCUT2D eigenvalue weighted by Gasteiger charge is 2.17. The Kier molecular flexibility index (Phi) is 6.40. The molecule has 2 heteroatoms. The van der Waals surface area contributed by atoms with E-state index in [-0.39, 0.29) is 0 Å². The first-order valence-corrected chi connectivity index (χ1v) is 16.5. The van der Waals surface area contributed by atoms with Crippen LogP contribution in [0.5, 0.6) is 0 Å². The number of nitrogens with zero attached hydrogens (tertiary/aromatic N) is 1. The van der Waals surface area contributed by atoms with Crippen molar-refractivity contribution in [3.05, 3.63) is 176 Å². The summed E-state index contributed by atoms with van der Waals surface area (Å²) in [6.45, 7) is 0. The third-order valence-electron chi connectivity index (χ3n) is 9.02. The Morgan fingerprint density at radius 1 is 0.326 bits per heavy atom. The maximum absolute atomic E-state index is 2.39. The molecule has 0 bridgehead atoms. The van der Waals surface area contributed by atoms with E-state index in [2.05, 4.69) is 181 Å². The molecule has 46 heavy (non-hydrogen) atoms. The van der Waals surface area contributed by atoms with E-state index < -0.39 is 0 Å². The van der Waals surface area contributed by atoms with Gasteiger partial charge in [-0.05, 0) is 98.4 Å². The maximum Gasteiger partial charge on any atom is 0.0468 e. The van der Waals surface area contributed by atoms with Gasteiger partial charge in [-0.15, -0.1) is 11.3 Å². The summed E-state index contributed by atoms with van der Waals surface area (Å²) in [5.74, 6) is 0. The fourth-order valence-electron chi connectivity index (χ4n) is 6.75. The fraction of sp³-hybridized carbons (Fsp3) is 0. The molecule has 0 N–H and O–H groups in total. The van der Waals surface area contributed by atoms with Crippen LogP contribution >= 0.6 is 11.3 Å². The van der Waals surface area contributed by atoms with E-state index in [1.165, 1.54) is 64.0 Å². The normalized spacial score (nSPS) is 11.5. The minimum atomic E-state index is 1.12. The molecule has 0 unspecified atom stereocenters. The molecule has 1 heterocycles. The lowest BCUT2D eigenvalue weighted by Crippen LogP contribution is -2.10. The minimum Gasteiger partial charge on any atom is -0.310 e. The molecular formula is C44H29NS. The molecule has 0 saturated heterocycles. The van der Waals surface area contributed by atoms with Crippen LogP contribution in [-0.4, -0.2) is 0 Å². The van der Waals surface area contributed by atoms with Gasteiger partial charge in [0.1, 0.15) is 0 Å². The van der Waals surface area contributed by atoms with E-state index in [1.54, 1.807) is 0 Å². The van der Waals surface area contributed by atoms with E-state index >= 15 is 0 Å². The van der Waals surface area contributed by atoms with Gasteiger partial charge < -0.3 is 4.90 Å². The van der Waals surface area contributed by atoms with Gasteiger partial charge in [-0.3, -0.25) is 0 Å². The van der Waals surface area contributed by atoms with Crippen LogP contribution in [0.4, 0.5) is 17.1 Å². The van der Waals surface area contributed by atoms with Crippen molar-refractivity contribution < 1.29 is 0 Å². The van der Waals surface area contributed by atoms with Gasteiger partial charge >= 0.3 is 0 Å². The summed E-state index contributed by atoms with van der Waals surface area (Å²) in [4.78, 5) is 2.39. The third-order valence-corrected chi connectivity index (χ3v) is 10.2. The second kappa shape index (κ2) is 11.0. The van der Waals surface area contributed by atoms with Gasteiger partial charge in [0, 0.05) is 37.2 Å². The van der Waals surface area contributed by atoms with Gasteiger partial charge in [0.2, 0.25) is 0 Å². The summed E-state index contributed by atoms with van der Waals surface area (Å²) in [7, 11) is 0. The minimum absolute atomic E-state index is 1.12. The largest absolute Gasteiger partial charge is 0.310 e.